The topological polar surface area (TPSA) is 65.1 Å². The fourth-order valence-corrected chi connectivity index (χ4v) is 4.62. The van der Waals surface area contributed by atoms with Crippen LogP contribution in [0.25, 0.3) is 0 Å². The van der Waals surface area contributed by atoms with Gasteiger partial charge in [-0.25, -0.2) is 4.90 Å². The Bertz CT molecular complexity index is 812. The van der Waals surface area contributed by atoms with E-state index in [1.807, 2.05) is 44.2 Å². The van der Waals surface area contributed by atoms with Gasteiger partial charge in [0, 0.05) is 0 Å². The third-order valence-corrected chi connectivity index (χ3v) is 5.66. The summed E-state index contributed by atoms with van der Waals surface area (Å²) in [5, 5.41) is 0. The van der Waals surface area contributed by atoms with E-state index in [0.717, 1.165) is 11.1 Å². The SMILES string of the molecule is Cc1ccc(N2C(=O)[C@@H]3[C@@H](C2=O)[C@@]2(C4OCCO4)C=C[C@H]3O2)c(C)c1. The first-order valence-corrected chi connectivity index (χ1v) is 8.58. The summed E-state index contributed by atoms with van der Waals surface area (Å²) >= 11 is 0. The fraction of sp³-hybridized carbons (Fsp3) is 0.474. The van der Waals surface area contributed by atoms with Gasteiger partial charge < -0.3 is 14.2 Å². The van der Waals surface area contributed by atoms with Gasteiger partial charge in [-0.2, -0.15) is 0 Å². The standard InChI is InChI=1S/C19H19NO5/c1-10-3-4-12(11(2)9-10)20-16(21)14-13-5-6-19(25-13,15(14)17(20)22)18-23-7-8-24-18/h3-6,9,13-15,18H,7-8H2,1-2H3/t13-,14+,15+,19-/m1/s1. The summed E-state index contributed by atoms with van der Waals surface area (Å²) in [6.07, 6.45) is 2.68. The molecule has 0 spiro atoms. The van der Waals surface area contributed by atoms with E-state index < -0.39 is 29.8 Å². The van der Waals surface area contributed by atoms with E-state index in [9.17, 15) is 9.59 Å². The van der Waals surface area contributed by atoms with Crippen LogP contribution in [0.1, 0.15) is 11.1 Å². The van der Waals surface area contributed by atoms with Crippen molar-refractivity contribution in [2.45, 2.75) is 31.8 Å². The van der Waals surface area contributed by atoms with Crippen molar-refractivity contribution in [3.63, 3.8) is 0 Å². The van der Waals surface area contributed by atoms with Crippen molar-refractivity contribution in [2.75, 3.05) is 18.1 Å². The second-order valence-electron chi connectivity index (χ2n) is 7.17. The van der Waals surface area contributed by atoms with E-state index in [4.69, 9.17) is 14.2 Å². The highest BCUT2D eigenvalue weighted by Crippen LogP contribution is 2.55. The minimum atomic E-state index is -0.994. The molecule has 0 aliphatic carbocycles. The van der Waals surface area contributed by atoms with Gasteiger partial charge in [0.1, 0.15) is 0 Å². The number of hydrogen-bond donors (Lipinski definition) is 0. The van der Waals surface area contributed by atoms with Crippen LogP contribution in [-0.4, -0.2) is 43.0 Å². The molecule has 4 heterocycles. The van der Waals surface area contributed by atoms with Crippen LogP contribution in [0.3, 0.4) is 0 Å². The highest BCUT2D eigenvalue weighted by Gasteiger charge is 2.71. The summed E-state index contributed by atoms with van der Waals surface area (Å²) in [5.41, 5.74) is 1.66. The van der Waals surface area contributed by atoms with Crippen molar-refractivity contribution in [3.05, 3.63) is 41.5 Å². The molecular weight excluding hydrogens is 322 g/mol. The zero-order valence-corrected chi connectivity index (χ0v) is 14.1. The van der Waals surface area contributed by atoms with Crippen LogP contribution in [0.4, 0.5) is 5.69 Å². The molecule has 0 saturated carbocycles. The van der Waals surface area contributed by atoms with Gasteiger partial charge in [0.15, 0.2) is 11.9 Å². The molecule has 25 heavy (non-hydrogen) atoms. The Balaban J connectivity index is 1.58. The molecule has 0 radical (unpaired) electrons. The van der Waals surface area contributed by atoms with Crippen LogP contribution in [0, 0.1) is 25.7 Å². The Morgan fingerprint density at radius 1 is 1.12 bits per heavy atom. The number of imide groups is 1. The molecule has 3 fully saturated rings. The number of nitrogens with zero attached hydrogens (tertiary/aromatic N) is 1. The molecule has 4 aliphatic rings. The summed E-state index contributed by atoms with van der Waals surface area (Å²) in [7, 11) is 0. The average Bonchev–Trinajstić information content (AvgIpc) is 3.33. The molecule has 3 saturated heterocycles. The zero-order chi connectivity index (χ0) is 17.3. The molecule has 0 unspecified atom stereocenters. The van der Waals surface area contributed by atoms with Crippen LogP contribution in [-0.2, 0) is 23.8 Å². The molecule has 1 aromatic carbocycles. The Morgan fingerprint density at radius 3 is 2.60 bits per heavy atom. The van der Waals surface area contributed by atoms with Gasteiger partial charge in [-0.05, 0) is 31.6 Å². The number of aryl methyl sites for hydroxylation is 2. The molecule has 4 aliphatic heterocycles. The summed E-state index contributed by atoms with van der Waals surface area (Å²) in [6, 6.07) is 5.73. The molecule has 5 rings (SSSR count). The number of anilines is 1. The van der Waals surface area contributed by atoms with E-state index in [1.54, 1.807) is 0 Å². The third kappa shape index (κ3) is 1.84. The average molecular weight is 341 g/mol. The van der Waals surface area contributed by atoms with Gasteiger partial charge in [0.05, 0.1) is 36.8 Å². The molecule has 6 nitrogen and oxygen atoms in total. The molecule has 0 N–H and O–H groups in total. The number of carbonyl (C=O) groups excluding carboxylic acids is 2. The van der Waals surface area contributed by atoms with Crippen LogP contribution < -0.4 is 4.90 Å². The lowest BCUT2D eigenvalue weighted by Crippen LogP contribution is -2.49. The minimum absolute atomic E-state index is 0.198. The van der Waals surface area contributed by atoms with Gasteiger partial charge in [0.25, 0.3) is 0 Å². The van der Waals surface area contributed by atoms with E-state index in [2.05, 4.69) is 0 Å². The van der Waals surface area contributed by atoms with Crippen molar-refractivity contribution in [3.8, 4) is 0 Å². The first-order chi connectivity index (χ1) is 12.0. The smallest absolute Gasteiger partial charge is 0.241 e. The number of benzene rings is 1. The zero-order valence-electron chi connectivity index (χ0n) is 14.1. The minimum Gasteiger partial charge on any atom is -0.357 e. The highest BCUT2D eigenvalue weighted by molar-refractivity contribution is 6.23. The molecule has 4 atom stereocenters. The monoisotopic (exact) mass is 341 g/mol. The summed E-state index contributed by atoms with van der Waals surface area (Å²) < 4.78 is 17.4. The third-order valence-electron chi connectivity index (χ3n) is 5.66. The summed E-state index contributed by atoms with van der Waals surface area (Å²) in [4.78, 5) is 27.7. The highest BCUT2D eigenvalue weighted by atomic mass is 16.7. The van der Waals surface area contributed by atoms with Crippen molar-refractivity contribution in [2.24, 2.45) is 11.8 Å². The normalized spacial score (nSPS) is 36.7. The Kier molecular flexibility index (Phi) is 3.05. The quantitative estimate of drug-likeness (QED) is 0.602. The molecule has 0 aromatic heterocycles. The van der Waals surface area contributed by atoms with Crippen LogP contribution >= 0.6 is 0 Å². The Hall–Kier alpha value is -2.02. The summed E-state index contributed by atoms with van der Waals surface area (Å²) in [5.74, 6) is -1.53. The first kappa shape index (κ1) is 15.3. The largest absolute Gasteiger partial charge is 0.357 e. The Morgan fingerprint density at radius 2 is 1.88 bits per heavy atom. The van der Waals surface area contributed by atoms with Gasteiger partial charge in [0.2, 0.25) is 11.8 Å². The number of hydrogen-bond acceptors (Lipinski definition) is 5. The maximum Gasteiger partial charge on any atom is 0.241 e. The fourth-order valence-electron chi connectivity index (χ4n) is 4.62. The van der Waals surface area contributed by atoms with Gasteiger partial charge in [-0.1, -0.05) is 23.8 Å². The lowest BCUT2D eigenvalue weighted by molar-refractivity contribution is -0.180. The van der Waals surface area contributed by atoms with Crippen LogP contribution in [0.2, 0.25) is 0 Å². The van der Waals surface area contributed by atoms with Crippen LogP contribution in [0.5, 0.6) is 0 Å². The van der Waals surface area contributed by atoms with Crippen LogP contribution in [0.15, 0.2) is 30.4 Å². The van der Waals surface area contributed by atoms with Gasteiger partial charge in [-0.15, -0.1) is 0 Å². The number of carbonyl (C=O) groups is 2. The molecular formula is C19H19NO5. The van der Waals surface area contributed by atoms with Gasteiger partial charge >= 0.3 is 0 Å². The predicted molar refractivity (Wildman–Crippen MR) is 87.8 cm³/mol. The number of amides is 2. The summed E-state index contributed by atoms with van der Waals surface area (Å²) in [6.45, 7) is 4.84. The number of ether oxygens (including phenoxy) is 3. The number of fused-ring (bicyclic) bond motifs is 5. The van der Waals surface area contributed by atoms with Crippen molar-refractivity contribution in [1.82, 2.24) is 0 Å². The molecule has 2 amide bonds. The molecule has 130 valence electrons. The van der Waals surface area contributed by atoms with Crippen molar-refractivity contribution >= 4 is 17.5 Å². The molecule has 6 heteroatoms. The maximum atomic E-state index is 13.3. The van der Waals surface area contributed by atoms with Crippen molar-refractivity contribution < 1.29 is 23.8 Å². The van der Waals surface area contributed by atoms with E-state index in [0.29, 0.717) is 18.9 Å². The second-order valence-corrected chi connectivity index (χ2v) is 7.17. The van der Waals surface area contributed by atoms with E-state index in [1.165, 1.54) is 4.90 Å². The van der Waals surface area contributed by atoms with E-state index >= 15 is 0 Å². The van der Waals surface area contributed by atoms with E-state index in [-0.39, 0.29) is 11.8 Å². The predicted octanol–water partition coefficient (Wildman–Crippen LogP) is 1.49. The Labute approximate surface area is 145 Å². The van der Waals surface area contributed by atoms with Gasteiger partial charge in [-0.3, -0.25) is 9.59 Å². The molecule has 2 bridgehead atoms. The second kappa shape index (κ2) is 5.00. The number of rotatable bonds is 2. The molecule has 1 aromatic rings. The lowest BCUT2D eigenvalue weighted by atomic mass is 9.76. The first-order valence-electron chi connectivity index (χ1n) is 8.58. The van der Waals surface area contributed by atoms with Crippen molar-refractivity contribution in [1.29, 1.82) is 0 Å². The lowest BCUT2D eigenvalue weighted by Gasteiger charge is -2.32. The maximum absolute atomic E-state index is 13.3.